The molecule has 0 fully saturated rings. The molecule has 23 heavy (non-hydrogen) atoms. The second-order valence-electron chi connectivity index (χ2n) is 4.23. The van der Waals surface area contributed by atoms with Gasteiger partial charge in [-0.3, -0.25) is 0 Å². The molecule has 0 bridgehead atoms. The zero-order chi connectivity index (χ0) is 15.8. The molecule has 0 amide bonds. The highest BCUT2D eigenvalue weighted by molar-refractivity contribution is 8.49. The highest BCUT2D eigenvalue weighted by Gasteiger charge is 2.34. The average Bonchev–Trinajstić information content (AvgIpc) is 3.27. The van der Waals surface area contributed by atoms with Crippen molar-refractivity contribution in [1.29, 1.82) is 0 Å². The Morgan fingerprint density at radius 3 is 1.52 bits per heavy atom. The Balaban J connectivity index is 1.48. The van der Waals surface area contributed by atoms with Crippen LogP contribution in [0.3, 0.4) is 0 Å². The van der Waals surface area contributed by atoms with Crippen LogP contribution in [-0.2, 0) is 0 Å². The first kappa shape index (κ1) is 18.0. The minimum Gasteiger partial charge on any atom is -0.121 e. The summed E-state index contributed by atoms with van der Waals surface area (Å²) in [5, 5.41) is 4.32. The molecule has 120 valence electrons. The summed E-state index contributed by atoms with van der Waals surface area (Å²) in [5.41, 5.74) is 1.35. The Labute approximate surface area is 174 Å². The van der Waals surface area contributed by atoms with E-state index in [9.17, 15) is 0 Å². The highest BCUT2D eigenvalue weighted by Crippen LogP contribution is 2.71. The lowest BCUT2D eigenvalue weighted by Gasteiger charge is -2.08. The van der Waals surface area contributed by atoms with Gasteiger partial charge in [-0.25, -0.2) is 0 Å². The molecule has 0 radical (unpaired) electrons. The lowest BCUT2D eigenvalue weighted by molar-refractivity contribution is 1.75. The average molecular weight is 467 g/mol. The van der Waals surface area contributed by atoms with Gasteiger partial charge in [0.25, 0.3) is 0 Å². The first-order valence-electron chi connectivity index (χ1n) is 6.39. The van der Waals surface area contributed by atoms with Gasteiger partial charge >= 0.3 is 0 Å². The van der Waals surface area contributed by atoms with E-state index in [4.69, 9.17) is 0 Å². The second kappa shape index (κ2) is 8.08. The van der Waals surface area contributed by atoms with E-state index in [1.54, 1.807) is 11.8 Å². The predicted octanol–water partition coefficient (Wildman–Crippen LogP) is 8.52. The van der Waals surface area contributed by atoms with Crippen LogP contribution in [0.5, 0.6) is 0 Å². The van der Waals surface area contributed by atoms with E-state index in [-0.39, 0.29) is 0 Å². The number of rotatable bonds is 2. The first-order valence-corrected chi connectivity index (χ1v) is 14.7. The van der Waals surface area contributed by atoms with Crippen LogP contribution in [0.2, 0.25) is 0 Å². The van der Waals surface area contributed by atoms with Gasteiger partial charge in [0.1, 0.15) is 0 Å². The van der Waals surface area contributed by atoms with E-state index >= 15 is 0 Å². The maximum absolute atomic E-state index is 2.22. The van der Waals surface area contributed by atoms with Gasteiger partial charge in [0, 0.05) is 0 Å². The van der Waals surface area contributed by atoms with E-state index in [2.05, 4.69) is 35.5 Å². The molecule has 0 unspecified atom stereocenters. The molecule has 0 aromatic heterocycles. The van der Waals surface area contributed by atoms with Crippen LogP contribution in [0.4, 0.5) is 0 Å². The number of hydrogen-bond donors (Lipinski definition) is 0. The molecule has 0 spiro atoms. The molecule has 4 aliphatic heterocycles. The van der Waals surface area contributed by atoms with Crippen LogP contribution >= 0.6 is 106 Å². The fraction of sp³-hybridized carbons (Fsp3) is 0.143. The van der Waals surface area contributed by atoms with Gasteiger partial charge in [0.15, 0.2) is 0 Å². The van der Waals surface area contributed by atoms with Gasteiger partial charge in [0.2, 0.25) is 0 Å². The van der Waals surface area contributed by atoms with Gasteiger partial charge in [-0.2, -0.15) is 0 Å². The van der Waals surface area contributed by atoms with E-state index in [1.807, 2.05) is 94.1 Å². The zero-order valence-electron chi connectivity index (χ0n) is 12.0. The molecule has 4 aliphatic rings. The predicted molar refractivity (Wildman–Crippen MR) is 127 cm³/mol. The second-order valence-corrected chi connectivity index (χ2v) is 14.6. The fourth-order valence-corrected chi connectivity index (χ4v) is 14.0. The minimum atomic E-state index is 1.35. The molecule has 9 heteroatoms. The van der Waals surface area contributed by atoms with Gasteiger partial charge in [0.05, 0.1) is 29.7 Å². The van der Waals surface area contributed by atoms with Gasteiger partial charge < -0.3 is 0 Å². The molecule has 4 heterocycles. The standard InChI is InChI=1S/C14H10S9/c1-15-9-10(16-2)21-13(20-9)14-22-11-12(23-14)19-8(18-11)7-3-5-17-6-4-7/h3-6H,1-2H3. The molecular formula is C14H10S9. The largest absolute Gasteiger partial charge is 0.121 e. The molecule has 0 saturated carbocycles. The van der Waals surface area contributed by atoms with E-state index < -0.39 is 0 Å². The minimum absolute atomic E-state index is 1.35. The molecule has 4 rings (SSSR count). The normalized spacial score (nSPS) is 23.9. The van der Waals surface area contributed by atoms with E-state index in [0.29, 0.717) is 0 Å². The van der Waals surface area contributed by atoms with Crippen molar-refractivity contribution in [2.24, 2.45) is 0 Å². The van der Waals surface area contributed by atoms with Gasteiger partial charge in [-0.15, -0.1) is 35.3 Å². The first-order chi connectivity index (χ1) is 11.3. The summed E-state index contributed by atoms with van der Waals surface area (Å²) in [6.45, 7) is 0. The highest BCUT2D eigenvalue weighted by atomic mass is 32.3. The smallest absolute Gasteiger partial charge is 0.0718 e. The maximum atomic E-state index is 2.22. The SMILES string of the molecule is CSC1=C(SC)SC(=C2SC3=C(SC(=C4C=CSC=C4)S3)S2)S1. The van der Waals surface area contributed by atoms with Crippen LogP contribution in [0, 0.1) is 0 Å². The van der Waals surface area contributed by atoms with Crippen molar-refractivity contribution >= 4 is 106 Å². The van der Waals surface area contributed by atoms with E-state index in [0.717, 1.165) is 0 Å². The van der Waals surface area contributed by atoms with Crippen molar-refractivity contribution in [3.8, 4) is 0 Å². The Kier molecular flexibility index (Phi) is 6.32. The summed E-state index contributed by atoms with van der Waals surface area (Å²) in [6.07, 6.45) is 8.79. The Morgan fingerprint density at radius 1 is 0.609 bits per heavy atom. The summed E-state index contributed by atoms with van der Waals surface area (Å²) >= 11 is 17.2. The molecule has 0 nitrogen and oxygen atoms in total. The molecule has 0 saturated heterocycles. The summed E-state index contributed by atoms with van der Waals surface area (Å²) < 4.78 is 10.2. The van der Waals surface area contributed by atoms with E-state index in [1.165, 1.54) is 35.2 Å². The third kappa shape index (κ3) is 3.83. The molecule has 0 aromatic carbocycles. The van der Waals surface area contributed by atoms with Crippen LogP contribution in [0.15, 0.2) is 58.2 Å². The van der Waals surface area contributed by atoms with Gasteiger partial charge in [-0.1, -0.05) is 70.6 Å². The molecule has 0 atom stereocenters. The van der Waals surface area contributed by atoms with Crippen molar-refractivity contribution in [3.63, 3.8) is 0 Å². The van der Waals surface area contributed by atoms with Crippen molar-refractivity contribution in [1.82, 2.24) is 0 Å². The molecular weight excluding hydrogens is 457 g/mol. The molecule has 0 aromatic rings. The summed E-state index contributed by atoms with van der Waals surface area (Å²) in [5.74, 6) is 0. The van der Waals surface area contributed by atoms with Crippen LogP contribution in [-0.4, -0.2) is 12.5 Å². The maximum Gasteiger partial charge on any atom is 0.0718 e. The Morgan fingerprint density at radius 2 is 1.04 bits per heavy atom. The summed E-state index contributed by atoms with van der Waals surface area (Å²) in [6, 6.07) is 0. The van der Waals surface area contributed by atoms with Crippen molar-refractivity contribution < 1.29 is 0 Å². The lowest BCUT2D eigenvalue weighted by atomic mass is 10.3. The van der Waals surface area contributed by atoms with Crippen molar-refractivity contribution in [2.45, 2.75) is 0 Å². The monoisotopic (exact) mass is 466 g/mol. The third-order valence-electron chi connectivity index (χ3n) is 2.87. The Hall–Kier alpha value is 1.59. The van der Waals surface area contributed by atoms with Crippen molar-refractivity contribution in [2.75, 3.05) is 12.5 Å². The van der Waals surface area contributed by atoms with Crippen molar-refractivity contribution in [3.05, 3.63) is 58.2 Å². The third-order valence-corrected chi connectivity index (χ3v) is 14.9. The van der Waals surface area contributed by atoms with Crippen LogP contribution in [0.1, 0.15) is 0 Å². The topological polar surface area (TPSA) is 0 Å². The van der Waals surface area contributed by atoms with Crippen LogP contribution < -0.4 is 0 Å². The van der Waals surface area contributed by atoms with Gasteiger partial charge in [-0.05, 0) is 41.1 Å². The molecule has 0 N–H and O–H groups in total. The Bertz CT molecular complexity index is 681. The quantitative estimate of drug-likeness (QED) is 0.389. The number of allylic oxidation sites excluding steroid dienone is 3. The lowest BCUT2D eigenvalue weighted by Crippen LogP contribution is -1.78. The molecule has 0 aliphatic carbocycles. The number of thioether (sulfide) groups is 9. The summed E-state index contributed by atoms with van der Waals surface area (Å²) in [4.78, 5) is 0. The van der Waals surface area contributed by atoms with Crippen LogP contribution in [0.25, 0.3) is 0 Å². The number of hydrogen-bond acceptors (Lipinski definition) is 9. The fourth-order valence-electron chi connectivity index (χ4n) is 1.86. The zero-order valence-corrected chi connectivity index (χ0v) is 19.3. The summed E-state index contributed by atoms with van der Waals surface area (Å²) in [7, 11) is 0.